The number of hydrogen-bond donors (Lipinski definition) is 1. The number of rotatable bonds is 2. The van der Waals surface area contributed by atoms with Crippen LogP contribution >= 0.6 is 0 Å². The number of primary amides is 1. The Kier molecular flexibility index (Phi) is 2.32. The second kappa shape index (κ2) is 3.25. The Morgan fingerprint density at radius 1 is 1.58 bits per heavy atom. The number of nitrogens with zero attached hydrogens (tertiary/aromatic N) is 1. The molecule has 64 valence electrons. The van der Waals surface area contributed by atoms with Crippen LogP contribution in [0.5, 0.6) is 0 Å². The number of carbonyl (C=O) groups is 1. The van der Waals surface area contributed by atoms with E-state index in [1.54, 1.807) is 0 Å². The van der Waals surface area contributed by atoms with E-state index in [-0.39, 0.29) is 5.56 Å². The molecular weight excluding hydrogens is 166 g/mol. The zero-order valence-electron chi connectivity index (χ0n) is 6.00. The van der Waals surface area contributed by atoms with E-state index in [4.69, 9.17) is 5.73 Å². The number of alkyl halides is 2. The van der Waals surface area contributed by atoms with E-state index in [0.29, 0.717) is 0 Å². The van der Waals surface area contributed by atoms with Crippen LogP contribution in [0.15, 0.2) is 18.3 Å². The molecule has 1 amide bonds. The van der Waals surface area contributed by atoms with E-state index >= 15 is 0 Å². The van der Waals surface area contributed by atoms with Crippen molar-refractivity contribution in [3.05, 3.63) is 29.6 Å². The van der Waals surface area contributed by atoms with Crippen molar-refractivity contribution < 1.29 is 13.6 Å². The van der Waals surface area contributed by atoms with Crippen LogP contribution in [0.3, 0.4) is 0 Å². The van der Waals surface area contributed by atoms with E-state index in [0.717, 1.165) is 12.3 Å². The van der Waals surface area contributed by atoms with E-state index in [1.807, 2.05) is 0 Å². The van der Waals surface area contributed by atoms with Crippen molar-refractivity contribution in [1.29, 1.82) is 0 Å². The molecule has 0 aromatic carbocycles. The Morgan fingerprint density at radius 2 is 2.25 bits per heavy atom. The first-order valence-electron chi connectivity index (χ1n) is 3.15. The number of nitrogens with two attached hydrogens (primary N) is 1. The minimum atomic E-state index is -2.68. The molecule has 3 nitrogen and oxygen atoms in total. The molecule has 0 aliphatic rings. The van der Waals surface area contributed by atoms with Gasteiger partial charge in [-0.3, -0.25) is 9.78 Å². The predicted octanol–water partition coefficient (Wildman–Crippen LogP) is 1.12. The topological polar surface area (TPSA) is 56.0 Å². The Bertz CT molecular complexity index is 301. The highest BCUT2D eigenvalue weighted by atomic mass is 19.3. The molecule has 0 atom stereocenters. The minimum absolute atomic E-state index is 0.0419. The number of pyridine rings is 1. The number of hydrogen-bond acceptors (Lipinski definition) is 2. The lowest BCUT2D eigenvalue weighted by Gasteiger charge is -1.99. The minimum Gasteiger partial charge on any atom is -0.366 e. The third kappa shape index (κ3) is 1.75. The van der Waals surface area contributed by atoms with Crippen LogP contribution in [0.25, 0.3) is 0 Å². The number of halogens is 2. The van der Waals surface area contributed by atoms with Gasteiger partial charge in [0.15, 0.2) is 0 Å². The largest absolute Gasteiger partial charge is 0.366 e. The zero-order chi connectivity index (χ0) is 9.14. The van der Waals surface area contributed by atoms with Crippen LogP contribution in [-0.4, -0.2) is 10.9 Å². The van der Waals surface area contributed by atoms with Crippen molar-refractivity contribution >= 4 is 5.91 Å². The van der Waals surface area contributed by atoms with Crippen molar-refractivity contribution in [3.63, 3.8) is 0 Å². The zero-order valence-corrected chi connectivity index (χ0v) is 6.00. The van der Waals surface area contributed by atoms with Crippen LogP contribution in [0.2, 0.25) is 0 Å². The van der Waals surface area contributed by atoms with Gasteiger partial charge in [-0.25, -0.2) is 8.78 Å². The maximum absolute atomic E-state index is 12.0. The van der Waals surface area contributed by atoms with Gasteiger partial charge >= 0.3 is 0 Å². The molecule has 0 fully saturated rings. The highest BCUT2D eigenvalue weighted by molar-refractivity contribution is 5.92. The molecule has 0 saturated heterocycles. The summed E-state index contributed by atoms with van der Waals surface area (Å²) in [7, 11) is 0. The van der Waals surface area contributed by atoms with Crippen LogP contribution < -0.4 is 5.73 Å². The van der Waals surface area contributed by atoms with Gasteiger partial charge in [-0.1, -0.05) is 0 Å². The first-order chi connectivity index (χ1) is 5.61. The smallest absolute Gasteiger partial charge is 0.280 e. The summed E-state index contributed by atoms with van der Waals surface area (Å²) in [5.41, 5.74) is 4.47. The van der Waals surface area contributed by atoms with Crippen LogP contribution in [0.4, 0.5) is 8.78 Å². The first kappa shape index (κ1) is 8.58. The van der Waals surface area contributed by atoms with Crippen LogP contribution in [-0.2, 0) is 0 Å². The summed E-state index contributed by atoms with van der Waals surface area (Å²) in [6.45, 7) is 0. The van der Waals surface area contributed by atoms with E-state index in [9.17, 15) is 13.6 Å². The quantitative estimate of drug-likeness (QED) is 0.726. The van der Waals surface area contributed by atoms with Gasteiger partial charge in [-0.05, 0) is 12.1 Å². The lowest BCUT2D eigenvalue weighted by molar-refractivity contribution is 0.0999. The molecule has 0 aliphatic heterocycles. The Hall–Kier alpha value is -1.52. The molecule has 0 aliphatic carbocycles. The molecule has 0 radical (unpaired) electrons. The van der Waals surface area contributed by atoms with Gasteiger partial charge < -0.3 is 5.73 Å². The van der Waals surface area contributed by atoms with Crippen molar-refractivity contribution in [2.24, 2.45) is 5.73 Å². The molecule has 1 aromatic heterocycles. The molecule has 12 heavy (non-hydrogen) atoms. The highest BCUT2D eigenvalue weighted by Crippen LogP contribution is 2.16. The van der Waals surface area contributed by atoms with Gasteiger partial charge in [0.2, 0.25) is 5.91 Å². The van der Waals surface area contributed by atoms with Crippen molar-refractivity contribution in [2.45, 2.75) is 6.43 Å². The highest BCUT2D eigenvalue weighted by Gasteiger charge is 2.10. The molecule has 1 rings (SSSR count). The summed E-state index contributed by atoms with van der Waals surface area (Å²) < 4.78 is 24.0. The van der Waals surface area contributed by atoms with Crippen LogP contribution in [0, 0.1) is 0 Å². The second-order valence-corrected chi connectivity index (χ2v) is 2.13. The Morgan fingerprint density at radius 3 is 2.75 bits per heavy atom. The number of aromatic nitrogens is 1. The van der Waals surface area contributed by atoms with Gasteiger partial charge in [0.25, 0.3) is 6.43 Å². The molecule has 5 heteroatoms. The fraction of sp³-hybridized carbons (Fsp3) is 0.143. The maximum Gasteiger partial charge on any atom is 0.280 e. The average molecular weight is 172 g/mol. The predicted molar refractivity (Wildman–Crippen MR) is 37.7 cm³/mol. The fourth-order valence-electron chi connectivity index (χ4n) is 0.721. The molecule has 0 unspecified atom stereocenters. The Balaban J connectivity index is 3.04. The normalized spacial score (nSPS) is 10.2. The summed E-state index contributed by atoms with van der Waals surface area (Å²) in [6, 6.07) is 2.27. The molecule has 0 bridgehead atoms. The van der Waals surface area contributed by atoms with E-state index < -0.39 is 18.0 Å². The van der Waals surface area contributed by atoms with Gasteiger partial charge in [0.05, 0.1) is 0 Å². The van der Waals surface area contributed by atoms with E-state index in [1.165, 1.54) is 6.07 Å². The molecule has 1 heterocycles. The number of carbonyl (C=O) groups excluding carboxylic acids is 1. The van der Waals surface area contributed by atoms with E-state index in [2.05, 4.69) is 4.98 Å². The molecule has 0 spiro atoms. The van der Waals surface area contributed by atoms with Crippen molar-refractivity contribution in [2.75, 3.05) is 0 Å². The van der Waals surface area contributed by atoms with Crippen LogP contribution in [0.1, 0.15) is 22.5 Å². The number of amides is 1. The summed E-state index contributed by atoms with van der Waals surface area (Å²) in [4.78, 5) is 13.9. The molecule has 0 saturated carbocycles. The summed E-state index contributed by atoms with van der Waals surface area (Å²) in [5, 5.41) is 0. The average Bonchev–Trinajstić information content (AvgIpc) is 2.04. The van der Waals surface area contributed by atoms with Gasteiger partial charge in [-0.2, -0.15) is 0 Å². The molecule has 1 aromatic rings. The van der Waals surface area contributed by atoms with Crippen molar-refractivity contribution in [3.8, 4) is 0 Å². The lowest BCUT2D eigenvalue weighted by atomic mass is 10.2. The standard InChI is InChI=1S/C7H6F2N2O/c8-6(9)5-3-4(7(10)12)1-2-11-5/h1-3,6H,(H2,10,12). The molecular formula is C7H6F2N2O. The maximum atomic E-state index is 12.0. The lowest BCUT2D eigenvalue weighted by Crippen LogP contribution is -2.11. The second-order valence-electron chi connectivity index (χ2n) is 2.13. The first-order valence-corrected chi connectivity index (χ1v) is 3.15. The third-order valence-corrected chi connectivity index (χ3v) is 1.29. The van der Waals surface area contributed by atoms with Gasteiger partial charge in [0.1, 0.15) is 5.69 Å². The SMILES string of the molecule is NC(=O)c1ccnc(C(F)F)c1. The monoisotopic (exact) mass is 172 g/mol. The summed E-state index contributed by atoms with van der Waals surface area (Å²) in [5.74, 6) is -0.737. The Labute approximate surface area is 67.2 Å². The summed E-state index contributed by atoms with van der Waals surface area (Å²) >= 11 is 0. The third-order valence-electron chi connectivity index (χ3n) is 1.29. The van der Waals surface area contributed by atoms with Crippen molar-refractivity contribution in [1.82, 2.24) is 4.98 Å². The fourth-order valence-corrected chi connectivity index (χ4v) is 0.721. The van der Waals surface area contributed by atoms with Gasteiger partial charge in [0, 0.05) is 11.8 Å². The van der Waals surface area contributed by atoms with Gasteiger partial charge in [-0.15, -0.1) is 0 Å². The summed E-state index contributed by atoms with van der Waals surface area (Å²) in [6.07, 6.45) is -1.55. The molecule has 2 N–H and O–H groups in total.